The van der Waals surface area contributed by atoms with E-state index in [1.165, 1.54) is 38.5 Å². The SMILES string of the molecule is CCCCCCCCCCCC(=O)C(CC)[N+](=O)[O-]. The standard InChI is InChI=1S/C15H29NO3/c1-3-5-6-7-8-9-10-11-12-13-15(17)14(4-2)16(18)19/h14H,3-13H2,1-2H3. The van der Waals surface area contributed by atoms with E-state index in [0.29, 0.717) is 12.8 Å². The molecule has 0 N–H and O–H groups in total. The molecule has 1 atom stereocenters. The number of rotatable bonds is 13. The number of ketones is 1. The van der Waals surface area contributed by atoms with E-state index < -0.39 is 11.0 Å². The minimum absolute atomic E-state index is 0.199. The number of hydrogen-bond acceptors (Lipinski definition) is 3. The van der Waals surface area contributed by atoms with Gasteiger partial charge >= 0.3 is 0 Å². The van der Waals surface area contributed by atoms with Crippen LogP contribution in [0, 0.1) is 10.1 Å². The summed E-state index contributed by atoms with van der Waals surface area (Å²) in [5, 5.41) is 10.6. The highest BCUT2D eigenvalue weighted by Crippen LogP contribution is 2.12. The van der Waals surface area contributed by atoms with E-state index in [1.807, 2.05) is 0 Å². The average molecular weight is 271 g/mol. The Morgan fingerprint density at radius 1 is 0.947 bits per heavy atom. The van der Waals surface area contributed by atoms with E-state index in [2.05, 4.69) is 6.92 Å². The molecule has 0 spiro atoms. The monoisotopic (exact) mass is 271 g/mol. The third-order valence-electron chi connectivity index (χ3n) is 3.54. The van der Waals surface area contributed by atoms with Crippen molar-refractivity contribution in [3.8, 4) is 0 Å². The molecule has 0 aliphatic rings. The lowest BCUT2D eigenvalue weighted by Crippen LogP contribution is -2.28. The first-order valence-corrected chi connectivity index (χ1v) is 7.79. The fourth-order valence-electron chi connectivity index (χ4n) is 2.27. The van der Waals surface area contributed by atoms with Crippen molar-refractivity contribution in [2.45, 2.75) is 90.5 Å². The average Bonchev–Trinajstić information content (AvgIpc) is 2.37. The second-order valence-electron chi connectivity index (χ2n) is 5.25. The van der Waals surface area contributed by atoms with Crippen LogP contribution in [0.1, 0.15) is 84.5 Å². The molecule has 4 heteroatoms. The van der Waals surface area contributed by atoms with E-state index in [9.17, 15) is 14.9 Å². The maximum atomic E-state index is 11.6. The van der Waals surface area contributed by atoms with Gasteiger partial charge in [-0.05, 0) is 6.42 Å². The van der Waals surface area contributed by atoms with Crippen molar-refractivity contribution in [1.82, 2.24) is 0 Å². The number of hydrogen-bond donors (Lipinski definition) is 0. The molecule has 0 aliphatic carbocycles. The number of nitro groups is 1. The van der Waals surface area contributed by atoms with Crippen molar-refractivity contribution in [2.75, 3.05) is 0 Å². The number of carbonyl (C=O) groups is 1. The Hall–Kier alpha value is -0.930. The van der Waals surface area contributed by atoms with Gasteiger partial charge in [-0.1, -0.05) is 65.2 Å². The zero-order chi connectivity index (χ0) is 14.5. The summed E-state index contributed by atoms with van der Waals surface area (Å²) in [6, 6.07) is -0.978. The third-order valence-corrected chi connectivity index (χ3v) is 3.54. The van der Waals surface area contributed by atoms with Crippen molar-refractivity contribution in [3.63, 3.8) is 0 Å². The van der Waals surface area contributed by atoms with Crippen molar-refractivity contribution < 1.29 is 9.72 Å². The van der Waals surface area contributed by atoms with Gasteiger partial charge in [-0.3, -0.25) is 14.9 Å². The van der Waals surface area contributed by atoms with E-state index >= 15 is 0 Å². The van der Waals surface area contributed by atoms with Gasteiger partial charge in [-0.15, -0.1) is 0 Å². The van der Waals surface area contributed by atoms with Crippen LogP contribution < -0.4 is 0 Å². The molecule has 0 saturated carbocycles. The normalized spacial score (nSPS) is 12.3. The summed E-state index contributed by atoms with van der Waals surface area (Å²) in [6.45, 7) is 3.91. The molecule has 0 aromatic heterocycles. The van der Waals surface area contributed by atoms with Crippen molar-refractivity contribution >= 4 is 5.78 Å². The second kappa shape index (κ2) is 12.1. The highest BCUT2D eigenvalue weighted by atomic mass is 16.6. The molecule has 1 unspecified atom stereocenters. The zero-order valence-electron chi connectivity index (χ0n) is 12.5. The third kappa shape index (κ3) is 9.62. The van der Waals surface area contributed by atoms with Crippen molar-refractivity contribution in [1.29, 1.82) is 0 Å². The summed E-state index contributed by atoms with van der Waals surface area (Å²) in [5.41, 5.74) is 0. The van der Waals surface area contributed by atoms with E-state index in [1.54, 1.807) is 6.92 Å². The summed E-state index contributed by atoms with van der Waals surface area (Å²) in [4.78, 5) is 21.7. The highest BCUT2D eigenvalue weighted by Gasteiger charge is 2.25. The minimum Gasteiger partial charge on any atom is -0.292 e. The van der Waals surface area contributed by atoms with Crippen LogP contribution in [0.5, 0.6) is 0 Å². The van der Waals surface area contributed by atoms with Gasteiger partial charge in [0.25, 0.3) is 6.04 Å². The predicted molar refractivity (Wildman–Crippen MR) is 77.9 cm³/mol. The molecule has 0 aromatic rings. The quantitative estimate of drug-likeness (QED) is 0.281. The fourth-order valence-corrected chi connectivity index (χ4v) is 2.27. The molecule has 0 amide bonds. The van der Waals surface area contributed by atoms with Crippen LogP contribution in [0.4, 0.5) is 0 Å². The molecule has 0 rings (SSSR count). The van der Waals surface area contributed by atoms with Crippen LogP contribution in [0.2, 0.25) is 0 Å². The van der Waals surface area contributed by atoms with Gasteiger partial charge in [0.2, 0.25) is 5.78 Å². The van der Waals surface area contributed by atoms with Crippen molar-refractivity contribution in [3.05, 3.63) is 10.1 Å². The molecule has 0 heterocycles. The predicted octanol–water partition coefficient (Wildman–Crippen LogP) is 4.53. The second-order valence-corrected chi connectivity index (χ2v) is 5.25. The van der Waals surface area contributed by atoms with Crippen LogP contribution >= 0.6 is 0 Å². The number of Topliss-reactive ketones (excluding diaryl/α,β-unsaturated/α-hetero) is 1. The van der Waals surface area contributed by atoms with Crippen LogP contribution in [0.3, 0.4) is 0 Å². The Bertz CT molecular complexity index is 254. The molecule has 19 heavy (non-hydrogen) atoms. The van der Waals surface area contributed by atoms with Gasteiger partial charge in [0.1, 0.15) is 0 Å². The molecule has 0 aromatic carbocycles. The zero-order valence-corrected chi connectivity index (χ0v) is 12.5. The van der Waals surface area contributed by atoms with Gasteiger partial charge in [0, 0.05) is 17.8 Å². The fraction of sp³-hybridized carbons (Fsp3) is 0.933. The lowest BCUT2D eigenvalue weighted by Gasteiger charge is -2.05. The molecule has 0 bridgehead atoms. The lowest BCUT2D eigenvalue weighted by atomic mass is 10.0. The number of nitrogens with zero attached hydrogens (tertiary/aromatic N) is 1. The molecule has 112 valence electrons. The van der Waals surface area contributed by atoms with Gasteiger partial charge in [0.15, 0.2) is 0 Å². The molecule has 0 saturated heterocycles. The summed E-state index contributed by atoms with van der Waals surface area (Å²) in [5.74, 6) is -0.199. The molecular formula is C15H29NO3. The topological polar surface area (TPSA) is 60.2 Å². The summed E-state index contributed by atoms with van der Waals surface area (Å²) < 4.78 is 0. The summed E-state index contributed by atoms with van der Waals surface area (Å²) in [7, 11) is 0. The Labute approximate surface area is 117 Å². The molecular weight excluding hydrogens is 242 g/mol. The molecule has 0 radical (unpaired) electrons. The maximum absolute atomic E-state index is 11.6. The van der Waals surface area contributed by atoms with Gasteiger partial charge in [-0.2, -0.15) is 0 Å². The number of carbonyl (C=O) groups excluding carboxylic acids is 1. The van der Waals surface area contributed by atoms with Crippen molar-refractivity contribution in [2.24, 2.45) is 0 Å². The van der Waals surface area contributed by atoms with E-state index in [-0.39, 0.29) is 5.78 Å². The number of unbranched alkanes of at least 4 members (excludes halogenated alkanes) is 8. The minimum atomic E-state index is -0.978. The first-order chi connectivity index (χ1) is 9.13. The van der Waals surface area contributed by atoms with Gasteiger partial charge < -0.3 is 0 Å². The first-order valence-electron chi connectivity index (χ1n) is 7.79. The van der Waals surface area contributed by atoms with E-state index in [0.717, 1.165) is 19.3 Å². The summed E-state index contributed by atoms with van der Waals surface area (Å²) in [6.07, 6.45) is 11.4. The Balaban J connectivity index is 3.43. The smallest absolute Gasteiger partial charge is 0.270 e. The Kier molecular flexibility index (Phi) is 11.5. The van der Waals surface area contributed by atoms with Crippen LogP contribution in [-0.2, 0) is 4.79 Å². The van der Waals surface area contributed by atoms with Gasteiger partial charge in [-0.25, -0.2) is 0 Å². The Morgan fingerprint density at radius 2 is 1.42 bits per heavy atom. The lowest BCUT2D eigenvalue weighted by molar-refractivity contribution is -0.507. The van der Waals surface area contributed by atoms with Crippen LogP contribution in [-0.4, -0.2) is 16.7 Å². The van der Waals surface area contributed by atoms with Crippen LogP contribution in [0.15, 0.2) is 0 Å². The maximum Gasteiger partial charge on any atom is 0.270 e. The molecule has 0 aliphatic heterocycles. The summed E-state index contributed by atoms with van der Waals surface area (Å²) >= 11 is 0. The van der Waals surface area contributed by atoms with Gasteiger partial charge in [0.05, 0.1) is 0 Å². The molecule has 4 nitrogen and oxygen atoms in total. The van der Waals surface area contributed by atoms with E-state index in [4.69, 9.17) is 0 Å². The first kappa shape index (κ1) is 18.1. The largest absolute Gasteiger partial charge is 0.292 e. The highest BCUT2D eigenvalue weighted by molar-refractivity contribution is 5.82. The molecule has 0 fully saturated rings. The Morgan fingerprint density at radius 3 is 1.84 bits per heavy atom. The van der Waals surface area contributed by atoms with Crippen LogP contribution in [0.25, 0.3) is 0 Å².